The fourth-order valence-electron chi connectivity index (χ4n) is 2.46. The molecule has 1 N–H and O–H groups in total. The van der Waals surface area contributed by atoms with Crippen molar-refractivity contribution in [2.45, 2.75) is 36.6 Å². The normalized spacial score (nSPS) is 24.3. The fraction of sp³-hybridized carbons (Fsp3) is 0.538. The van der Waals surface area contributed by atoms with Crippen LogP contribution in [0.3, 0.4) is 0 Å². The van der Waals surface area contributed by atoms with Crippen LogP contribution in [0.15, 0.2) is 29.2 Å². The molecule has 1 aliphatic carbocycles. The third-order valence-electron chi connectivity index (χ3n) is 3.43. The molecule has 2 rings (SSSR count). The molecule has 0 amide bonds. The summed E-state index contributed by atoms with van der Waals surface area (Å²) in [6, 6.07) is 5.06. The Kier molecular flexibility index (Phi) is 4.97. The Morgan fingerprint density at radius 1 is 1.37 bits per heavy atom. The van der Waals surface area contributed by atoms with E-state index in [-0.39, 0.29) is 10.9 Å². The van der Waals surface area contributed by atoms with Crippen molar-refractivity contribution in [2.24, 2.45) is 5.92 Å². The van der Waals surface area contributed by atoms with Crippen molar-refractivity contribution in [2.75, 3.05) is 5.33 Å². The Labute approximate surface area is 121 Å². The molecule has 0 aromatic heterocycles. The maximum Gasteiger partial charge on any atom is 0.240 e. The summed E-state index contributed by atoms with van der Waals surface area (Å²) in [6.07, 6.45) is 3.83. The first-order valence-corrected chi connectivity index (χ1v) is 8.95. The lowest BCUT2D eigenvalue weighted by Crippen LogP contribution is -2.38. The van der Waals surface area contributed by atoms with E-state index >= 15 is 0 Å². The summed E-state index contributed by atoms with van der Waals surface area (Å²) in [5.74, 6) is -0.0289. The Balaban J connectivity index is 2.09. The van der Waals surface area contributed by atoms with Gasteiger partial charge in [0.25, 0.3) is 0 Å². The lowest BCUT2D eigenvalue weighted by atomic mass is 9.88. The summed E-state index contributed by atoms with van der Waals surface area (Å²) in [4.78, 5) is -0.00605. The van der Waals surface area contributed by atoms with E-state index < -0.39 is 15.8 Å². The minimum Gasteiger partial charge on any atom is -0.208 e. The highest BCUT2D eigenvalue weighted by Gasteiger charge is 2.26. The molecular formula is C13H17BrFNO2S. The van der Waals surface area contributed by atoms with Crippen molar-refractivity contribution in [3.63, 3.8) is 0 Å². The van der Waals surface area contributed by atoms with Crippen LogP contribution >= 0.6 is 15.9 Å². The maximum absolute atomic E-state index is 13.1. The Morgan fingerprint density at radius 3 is 2.84 bits per heavy atom. The third-order valence-corrected chi connectivity index (χ3v) is 5.86. The van der Waals surface area contributed by atoms with E-state index in [2.05, 4.69) is 20.7 Å². The average molecular weight is 350 g/mol. The monoisotopic (exact) mass is 349 g/mol. The molecule has 1 aromatic rings. The van der Waals surface area contributed by atoms with Crippen molar-refractivity contribution in [3.05, 3.63) is 30.1 Å². The molecular weight excluding hydrogens is 333 g/mol. The summed E-state index contributed by atoms with van der Waals surface area (Å²) in [6.45, 7) is 0. The molecule has 3 nitrogen and oxygen atoms in total. The van der Waals surface area contributed by atoms with Gasteiger partial charge in [-0.2, -0.15) is 0 Å². The first-order valence-electron chi connectivity index (χ1n) is 6.35. The van der Waals surface area contributed by atoms with Crippen LogP contribution in [-0.2, 0) is 10.0 Å². The van der Waals surface area contributed by atoms with E-state index in [1.807, 2.05) is 0 Å². The van der Waals surface area contributed by atoms with Gasteiger partial charge < -0.3 is 0 Å². The predicted octanol–water partition coefficient (Wildman–Crippen LogP) is 3.06. The Morgan fingerprint density at radius 2 is 2.16 bits per heavy atom. The molecule has 0 saturated heterocycles. The molecule has 0 bridgehead atoms. The zero-order valence-corrected chi connectivity index (χ0v) is 12.9. The van der Waals surface area contributed by atoms with Gasteiger partial charge in [-0.05, 0) is 43.4 Å². The molecule has 0 aliphatic heterocycles. The second-order valence-electron chi connectivity index (χ2n) is 4.96. The zero-order valence-electron chi connectivity index (χ0n) is 10.5. The quantitative estimate of drug-likeness (QED) is 0.849. The van der Waals surface area contributed by atoms with Gasteiger partial charge in [0.05, 0.1) is 4.90 Å². The number of hydrogen-bond acceptors (Lipinski definition) is 2. The smallest absolute Gasteiger partial charge is 0.208 e. The zero-order chi connectivity index (χ0) is 13.9. The number of hydrogen-bond donors (Lipinski definition) is 1. The molecule has 0 spiro atoms. The van der Waals surface area contributed by atoms with Crippen molar-refractivity contribution < 1.29 is 12.8 Å². The summed E-state index contributed by atoms with van der Waals surface area (Å²) in [5, 5.41) is 0.894. The molecule has 0 radical (unpaired) electrons. The van der Waals surface area contributed by atoms with Gasteiger partial charge in [0.2, 0.25) is 10.0 Å². The third kappa shape index (κ3) is 4.00. The van der Waals surface area contributed by atoms with E-state index in [0.29, 0.717) is 5.92 Å². The second-order valence-corrected chi connectivity index (χ2v) is 7.32. The minimum atomic E-state index is -3.62. The van der Waals surface area contributed by atoms with Crippen molar-refractivity contribution >= 4 is 26.0 Å². The standard InChI is InChI=1S/C13H17BrFNO2S/c14-9-10-3-1-5-12(7-10)16-19(17,18)13-6-2-4-11(15)8-13/h2,4,6,8,10,12,16H,1,3,5,7,9H2. The van der Waals surface area contributed by atoms with E-state index in [4.69, 9.17) is 0 Å². The minimum absolute atomic E-state index is 0.00605. The molecule has 19 heavy (non-hydrogen) atoms. The highest BCUT2D eigenvalue weighted by Crippen LogP contribution is 2.26. The summed E-state index contributed by atoms with van der Waals surface area (Å²) in [5.41, 5.74) is 0. The second kappa shape index (κ2) is 6.33. The number of rotatable bonds is 4. The van der Waals surface area contributed by atoms with Gasteiger partial charge in [-0.1, -0.05) is 28.4 Å². The average Bonchev–Trinajstić information content (AvgIpc) is 2.38. The lowest BCUT2D eigenvalue weighted by Gasteiger charge is -2.28. The van der Waals surface area contributed by atoms with Crippen molar-refractivity contribution in [1.29, 1.82) is 0 Å². The summed E-state index contributed by atoms with van der Waals surface area (Å²) in [7, 11) is -3.62. The number of benzene rings is 1. The SMILES string of the molecule is O=S(=O)(NC1CCCC(CBr)C1)c1cccc(F)c1. The van der Waals surface area contributed by atoms with E-state index in [1.54, 1.807) is 0 Å². The molecule has 0 heterocycles. The van der Waals surface area contributed by atoms with Gasteiger partial charge in [-0.3, -0.25) is 0 Å². The molecule has 1 aromatic carbocycles. The van der Waals surface area contributed by atoms with Crippen LogP contribution in [-0.4, -0.2) is 19.8 Å². The number of halogens is 2. The molecule has 6 heteroatoms. The first-order chi connectivity index (χ1) is 9.01. The van der Waals surface area contributed by atoms with Gasteiger partial charge in [0.15, 0.2) is 0 Å². The molecule has 2 atom stereocenters. The number of alkyl halides is 1. The van der Waals surface area contributed by atoms with Gasteiger partial charge >= 0.3 is 0 Å². The lowest BCUT2D eigenvalue weighted by molar-refractivity contribution is 0.333. The largest absolute Gasteiger partial charge is 0.240 e. The van der Waals surface area contributed by atoms with Crippen LogP contribution in [0.5, 0.6) is 0 Å². The van der Waals surface area contributed by atoms with Crippen molar-refractivity contribution in [1.82, 2.24) is 4.72 Å². The Bertz CT molecular complexity index is 535. The number of sulfonamides is 1. The van der Waals surface area contributed by atoms with Gasteiger partial charge in [0, 0.05) is 11.4 Å². The molecule has 106 valence electrons. The van der Waals surface area contributed by atoms with Crippen LogP contribution in [0.4, 0.5) is 4.39 Å². The summed E-state index contributed by atoms with van der Waals surface area (Å²) < 4.78 is 40.1. The molecule has 2 unspecified atom stereocenters. The van der Waals surface area contributed by atoms with E-state index in [0.717, 1.165) is 37.1 Å². The Hall–Kier alpha value is -0.460. The molecule has 1 fully saturated rings. The van der Waals surface area contributed by atoms with E-state index in [1.165, 1.54) is 18.2 Å². The molecule has 1 aliphatic rings. The van der Waals surface area contributed by atoms with Gasteiger partial charge in [-0.15, -0.1) is 0 Å². The number of nitrogens with one attached hydrogen (secondary N) is 1. The van der Waals surface area contributed by atoms with Crippen LogP contribution in [0, 0.1) is 11.7 Å². The molecule has 1 saturated carbocycles. The van der Waals surface area contributed by atoms with Crippen LogP contribution < -0.4 is 4.72 Å². The van der Waals surface area contributed by atoms with E-state index in [9.17, 15) is 12.8 Å². The van der Waals surface area contributed by atoms with Crippen LogP contribution in [0.1, 0.15) is 25.7 Å². The van der Waals surface area contributed by atoms with Crippen molar-refractivity contribution in [3.8, 4) is 0 Å². The highest BCUT2D eigenvalue weighted by atomic mass is 79.9. The topological polar surface area (TPSA) is 46.2 Å². The first kappa shape index (κ1) is 14.9. The predicted molar refractivity (Wildman–Crippen MR) is 76.3 cm³/mol. The van der Waals surface area contributed by atoms with Crippen LogP contribution in [0.25, 0.3) is 0 Å². The fourth-order valence-corrected chi connectivity index (χ4v) is 4.36. The highest BCUT2D eigenvalue weighted by molar-refractivity contribution is 9.09. The maximum atomic E-state index is 13.1. The van der Waals surface area contributed by atoms with Gasteiger partial charge in [-0.25, -0.2) is 17.5 Å². The van der Waals surface area contributed by atoms with Crippen LogP contribution in [0.2, 0.25) is 0 Å². The van der Waals surface area contributed by atoms with Gasteiger partial charge in [0.1, 0.15) is 5.82 Å². The summed E-state index contributed by atoms with van der Waals surface area (Å²) >= 11 is 3.45.